The fraction of sp³-hybridized carbons (Fsp3) is 0.400. The van der Waals surface area contributed by atoms with Crippen molar-refractivity contribution in [3.63, 3.8) is 0 Å². The van der Waals surface area contributed by atoms with Crippen LogP contribution in [0.1, 0.15) is 54.8 Å². The Morgan fingerprint density at radius 3 is 2.22 bits per heavy atom. The predicted octanol–water partition coefficient (Wildman–Crippen LogP) is 5.59. The Bertz CT molecular complexity index is 1960. The number of carbonyl (C=O) groups is 1. The molecule has 1 amide bonds. The number of halogens is 3. The van der Waals surface area contributed by atoms with Gasteiger partial charge in [-0.15, -0.1) is 0 Å². The Labute approximate surface area is 311 Å². The third-order valence-electron chi connectivity index (χ3n) is 10.5. The number of hydrogen-bond acceptors (Lipinski definition) is 9. The van der Waals surface area contributed by atoms with Crippen LogP contribution < -0.4 is 10.6 Å². The lowest BCUT2D eigenvalue weighted by atomic mass is 9.91. The topological polar surface area (TPSA) is 132 Å². The average Bonchev–Trinajstić information content (AvgIpc) is 3.88. The number of nitrogens with zero attached hydrogens (tertiary/aromatic N) is 6. The minimum atomic E-state index is -5.12. The van der Waals surface area contributed by atoms with Crippen LogP contribution in [-0.2, 0) is 11.3 Å². The van der Waals surface area contributed by atoms with E-state index in [1.165, 1.54) is 11.9 Å². The first-order valence-corrected chi connectivity index (χ1v) is 18.5. The van der Waals surface area contributed by atoms with Crippen LogP contribution in [0.5, 0.6) is 0 Å². The van der Waals surface area contributed by atoms with Crippen LogP contribution in [-0.4, -0.2) is 102 Å². The van der Waals surface area contributed by atoms with Gasteiger partial charge in [-0.05, 0) is 36.0 Å². The highest BCUT2D eigenvalue weighted by Gasteiger charge is 2.51. The van der Waals surface area contributed by atoms with Gasteiger partial charge in [0.05, 0.1) is 18.4 Å². The van der Waals surface area contributed by atoms with Crippen molar-refractivity contribution in [1.29, 1.82) is 0 Å². The van der Waals surface area contributed by atoms with Crippen molar-refractivity contribution in [2.45, 2.75) is 75.2 Å². The molecule has 14 heteroatoms. The van der Waals surface area contributed by atoms with Crippen LogP contribution in [0.25, 0.3) is 11.2 Å². The molecule has 5 aromatic rings. The minimum Gasteiger partial charge on any atom is -0.388 e. The number of anilines is 2. The third kappa shape index (κ3) is 8.05. The summed E-state index contributed by atoms with van der Waals surface area (Å²) in [5.41, 5.74) is 4.18. The second-order valence-electron chi connectivity index (χ2n) is 14.2. The first-order valence-electron chi connectivity index (χ1n) is 18.5. The molecule has 2 fully saturated rings. The summed E-state index contributed by atoms with van der Waals surface area (Å²) in [6.07, 6.45) is -5.79. The van der Waals surface area contributed by atoms with Gasteiger partial charge in [0.15, 0.2) is 17.0 Å². The van der Waals surface area contributed by atoms with Crippen molar-refractivity contribution in [3.8, 4) is 0 Å². The molecule has 4 N–H and O–H groups in total. The van der Waals surface area contributed by atoms with Gasteiger partial charge in [0, 0.05) is 44.7 Å². The lowest BCUT2D eigenvalue weighted by Gasteiger charge is -2.31. The summed E-state index contributed by atoms with van der Waals surface area (Å²) in [5, 5.41) is 29.4. The lowest BCUT2D eigenvalue weighted by Crippen LogP contribution is -2.51. The molecule has 284 valence electrons. The fourth-order valence-electron chi connectivity index (χ4n) is 7.86. The number of aliphatic hydroxyl groups excluding tert-OH is 2. The van der Waals surface area contributed by atoms with Crippen LogP contribution in [0.2, 0.25) is 0 Å². The van der Waals surface area contributed by atoms with E-state index in [1.54, 1.807) is 11.5 Å². The lowest BCUT2D eigenvalue weighted by molar-refractivity contribution is -0.190. The number of amides is 1. The monoisotopic (exact) mass is 742 g/mol. The predicted molar refractivity (Wildman–Crippen MR) is 200 cm³/mol. The molecular weight excluding hydrogens is 697 g/mol. The van der Waals surface area contributed by atoms with E-state index < -0.39 is 36.4 Å². The van der Waals surface area contributed by atoms with E-state index in [4.69, 9.17) is 9.97 Å². The average molecular weight is 743 g/mol. The van der Waals surface area contributed by atoms with Crippen molar-refractivity contribution in [3.05, 3.63) is 114 Å². The second kappa shape index (κ2) is 16.1. The molecular formula is C40H45F3N8O3. The standard InChI is InChI=1S/C40H45F3N8O3/c1-2-19-50(38(54)40(41,42)43)31-21-32(35(53)34(31)52)51-25-45-33-36(44-22-30(27-14-8-4-9-15-27)28-16-10-5-11-17-28)47-39(48-37(33)51)46-29-18-20-49(24-29)23-26-12-6-3-7-13-26/h3-17,25,29-32,34-35,52-53H,2,18-24H2,1H3,(H2,44,46,47,48)/t29-,31+,32-,34-,35+/m1/s1. The van der Waals surface area contributed by atoms with E-state index in [-0.39, 0.29) is 31.3 Å². The number of alkyl halides is 3. The summed E-state index contributed by atoms with van der Waals surface area (Å²) in [6.45, 7) is 4.35. The quantitative estimate of drug-likeness (QED) is 0.122. The van der Waals surface area contributed by atoms with Gasteiger partial charge in [0.1, 0.15) is 12.2 Å². The number of nitrogens with one attached hydrogen (secondary N) is 2. The van der Waals surface area contributed by atoms with Crippen LogP contribution in [0.4, 0.5) is 24.9 Å². The summed E-state index contributed by atoms with van der Waals surface area (Å²) in [5.74, 6) is -1.30. The van der Waals surface area contributed by atoms with Crippen LogP contribution in [0.15, 0.2) is 97.3 Å². The van der Waals surface area contributed by atoms with Gasteiger partial charge in [0.2, 0.25) is 5.95 Å². The smallest absolute Gasteiger partial charge is 0.388 e. The van der Waals surface area contributed by atoms with E-state index in [0.29, 0.717) is 34.4 Å². The van der Waals surface area contributed by atoms with Gasteiger partial charge >= 0.3 is 12.1 Å². The summed E-state index contributed by atoms with van der Waals surface area (Å²) >= 11 is 0. The molecule has 0 spiro atoms. The Hall–Kier alpha value is -5.05. The van der Waals surface area contributed by atoms with Crippen molar-refractivity contribution in [1.82, 2.24) is 29.3 Å². The number of hydrogen-bond donors (Lipinski definition) is 4. The summed E-state index contributed by atoms with van der Waals surface area (Å²) < 4.78 is 42.5. The maximum atomic E-state index is 13.6. The molecule has 2 aliphatic rings. The molecule has 0 unspecified atom stereocenters. The molecule has 3 aromatic carbocycles. The molecule has 0 bridgehead atoms. The zero-order chi connectivity index (χ0) is 37.8. The molecule has 3 heterocycles. The number of carbonyl (C=O) groups excluding carboxylic acids is 1. The molecule has 54 heavy (non-hydrogen) atoms. The highest BCUT2D eigenvalue weighted by molar-refractivity contribution is 5.85. The third-order valence-corrected chi connectivity index (χ3v) is 10.5. The zero-order valence-corrected chi connectivity index (χ0v) is 30.0. The van der Waals surface area contributed by atoms with E-state index in [2.05, 4.69) is 56.9 Å². The highest BCUT2D eigenvalue weighted by Crippen LogP contribution is 2.38. The van der Waals surface area contributed by atoms with Gasteiger partial charge in [0.25, 0.3) is 0 Å². The summed E-state index contributed by atoms with van der Waals surface area (Å²) in [4.78, 5) is 29.9. The molecule has 7 rings (SSSR count). The number of likely N-dealkylation sites (tertiary alicyclic amines) is 1. The molecule has 5 atom stereocenters. The summed E-state index contributed by atoms with van der Waals surface area (Å²) in [6, 6.07) is 28.4. The van der Waals surface area contributed by atoms with Crippen molar-refractivity contribution < 1.29 is 28.2 Å². The fourth-order valence-corrected chi connectivity index (χ4v) is 7.86. The first kappa shape index (κ1) is 37.3. The molecule has 0 radical (unpaired) electrons. The maximum absolute atomic E-state index is 13.6. The molecule has 11 nitrogen and oxygen atoms in total. The highest BCUT2D eigenvalue weighted by atomic mass is 19.4. The number of aromatic nitrogens is 4. The van der Waals surface area contributed by atoms with Crippen molar-refractivity contribution in [2.75, 3.05) is 36.8 Å². The molecule has 1 saturated heterocycles. The van der Waals surface area contributed by atoms with Gasteiger partial charge in [-0.1, -0.05) is 97.9 Å². The van der Waals surface area contributed by atoms with Gasteiger partial charge in [-0.2, -0.15) is 23.1 Å². The maximum Gasteiger partial charge on any atom is 0.471 e. The molecule has 1 aliphatic carbocycles. The molecule has 1 aliphatic heterocycles. The number of fused-ring (bicyclic) bond motifs is 1. The van der Waals surface area contributed by atoms with Crippen LogP contribution in [0, 0.1) is 0 Å². The van der Waals surface area contributed by atoms with E-state index in [1.807, 2.05) is 54.6 Å². The largest absolute Gasteiger partial charge is 0.471 e. The zero-order valence-electron chi connectivity index (χ0n) is 30.0. The van der Waals surface area contributed by atoms with Crippen molar-refractivity contribution >= 4 is 28.8 Å². The molecule has 1 saturated carbocycles. The normalized spacial score (nSPS) is 21.9. The van der Waals surface area contributed by atoms with Gasteiger partial charge < -0.3 is 30.3 Å². The number of rotatable bonds is 13. The second-order valence-corrected chi connectivity index (χ2v) is 14.2. The Balaban J connectivity index is 1.21. The van der Waals surface area contributed by atoms with E-state index in [0.717, 1.165) is 37.2 Å². The van der Waals surface area contributed by atoms with E-state index in [9.17, 15) is 28.2 Å². The number of benzene rings is 3. The van der Waals surface area contributed by atoms with Crippen LogP contribution in [0.3, 0.4) is 0 Å². The Morgan fingerprint density at radius 1 is 0.944 bits per heavy atom. The SMILES string of the molecule is CCCN(C(=O)C(F)(F)F)[C@H]1C[C@@H](n2cnc3c(NCC(c4ccccc4)c4ccccc4)nc(N[C@@H]4CCN(Cc5ccccc5)C4)nc32)[C@H](O)[C@@H]1O. The Kier molecular flexibility index (Phi) is 11.1. The number of imidazole rings is 1. The minimum absolute atomic E-state index is 0.0380. The molecule has 2 aromatic heterocycles. The van der Waals surface area contributed by atoms with Gasteiger partial charge in [-0.3, -0.25) is 9.69 Å². The van der Waals surface area contributed by atoms with Gasteiger partial charge in [-0.25, -0.2) is 4.98 Å². The summed E-state index contributed by atoms with van der Waals surface area (Å²) in [7, 11) is 0. The first-order chi connectivity index (χ1) is 26.1. The van der Waals surface area contributed by atoms with E-state index >= 15 is 0 Å². The van der Waals surface area contributed by atoms with Crippen molar-refractivity contribution in [2.24, 2.45) is 0 Å². The van der Waals surface area contributed by atoms with Crippen LogP contribution >= 0.6 is 0 Å². The number of aliphatic hydroxyl groups is 2. The Morgan fingerprint density at radius 2 is 1.59 bits per heavy atom.